The Labute approximate surface area is 109 Å². The van der Waals surface area contributed by atoms with Gasteiger partial charge in [-0.1, -0.05) is 43.0 Å². The fraction of sp³-hybridized carbons (Fsp3) is 0.500. The van der Waals surface area contributed by atoms with Gasteiger partial charge in [0.2, 0.25) is 0 Å². The van der Waals surface area contributed by atoms with E-state index in [0.29, 0.717) is 5.41 Å². The van der Waals surface area contributed by atoms with E-state index in [1.54, 1.807) is 4.91 Å². The van der Waals surface area contributed by atoms with Gasteiger partial charge in [-0.15, -0.1) is 0 Å². The standard InChI is InChI=1S/C16H20S/c1-13-7-10-16(11-8-13)12-9-15(16)17-14-5-3-2-4-6-14/h2-6,9,13H,7-8,10-12H2,1H3. The third-order valence-electron chi connectivity index (χ3n) is 4.40. The lowest BCUT2D eigenvalue weighted by atomic mass is 9.64. The van der Waals surface area contributed by atoms with Crippen molar-refractivity contribution in [3.63, 3.8) is 0 Å². The SMILES string of the molecule is CC1CCC2(CC=C2Sc2ccccc2)CC1. The minimum Gasteiger partial charge on any atom is -0.0943 e. The molecule has 1 heteroatoms. The van der Waals surface area contributed by atoms with Gasteiger partial charge in [-0.05, 0) is 55.1 Å². The largest absolute Gasteiger partial charge is 0.0943 e. The molecular formula is C16H20S. The predicted octanol–water partition coefficient (Wildman–Crippen LogP) is 5.26. The van der Waals surface area contributed by atoms with E-state index in [2.05, 4.69) is 43.3 Å². The van der Waals surface area contributed by atoms with Crippen molar-refractivity contribution in [2.75, 3.05) is 0 Å². The molecule has 0 amide bonds. The third-order valence-corrected chi connectivity index (χ3v) is 5.73. The van der Waals surface area contributed by atoms with Crippen molar-refractivity contribution in [2.24, 2.45) is 11.3 Å². The van der Waals surface area contributed by atoms with Crippen LogP contribution in [0.1, 0.15) is 39.0 Å². The van der Waals surface area contributed by atoms with Crippen molar-refractivity contribution in [1.82, 2.24) is 0 Å². The lowest BCUT2D eigenvalue weighted by molar-refractivity contribution is 0.189. The van der Waals surface area contributed by atoms with Crippen LogP contribution in [0.25, 0.3) is 0 Å². The summed E-state index contributed by atoms with van der Waals surface area (Å²) in [5.41, 5.74) is 0.576. The molecule has 1 spiro atoms. The molecule has 0 unspecified atom stereocenters. The highest BCUT2D eigenvalue weighted by molar-refractivity contribution is 8.03. The summed E-state index contributed by atoms with van der Waals surface area (Å²) < 4.78 is 0. The monoisotopic (exact) mass is 244 g/mol. The van der Waals surface area contributed by atoms with Gasteiger partial charge in [0.25, 0.3) is 0 Å². The van der Waals surface area contributed by atoms with E-state index in [0.717, 1.165) is 5.92 Å². The van der Waals surface area contributed by atoms with E-state index < -0.39 is 0 Å². The first-order chi connectivity index (χ1) is 8.28. The Bertz CT molecular complexity index is 410. The fourth-order valence-electron chi connectivity index (χ4n) is 3.00. The van der Waals surface area contributed by atoms with Crippen LogP contribution < -0.4 is 0 Å². The molecule has 0 aliphatic heterocycles. The van der Waals surface area contributed by atoms with E-state index in [-0.39, 0.29) is 0 Å². The van der Waals surface area contributed by atoms with Crippen molar-refractivity contribution in [3.8, 4) is 0 Å². The molecule has 90 valence electrons. The van der Waals surface area contributed by atoms with Crippen LogP contribution >= 0.6 is 11.8 Å². The molecule has 2 aliphatic carbocycles. The summed E-state index contributed by atoms with van der Waals surface area (Å²) in [5, 5.41) is 0. The molecule has 1 aromatic rings. The highest BCUT2D eigenvalue weighted by Gasteiger charge is 2.42. The minimum absolute atomic E-state index is 0.576. The fourth-order valence-corrected chi connectivity index (χ4v) is 4.22. The summed E-state index contributed by atoms with van der Waals surface area (Å²) in [6, 6.07) is 10.8. The third kappa shape index (κ3) is 2.18. The molecule has 0 saturated heterocycles. The Morgan fingerprint density at radius 2 is 1.82 bits per heavy atom. The summed E-state index contributed by atoms with van der Waals surface area (Å²) in [7, 11) is 0. The van der Waals surface area contributed by atoms with Crippen LogP contribution in [0.2, 0.25) is 0 Å². The number of hydrogen-bond acceptors (Lipinski definition) is 1. The van der Waals surface area contributed by atoms with E-state index in [1.807, 2.05) is 11.8 Å². The Kier molecular flexibility index (Phi) is 3.04. The predicted molar refractivity (Wildman–Crippen MR) is 75.1 cm³/mol. The maximum absolute atomic E-state index is 2.45. The Balaban J connectivity index is 1.69. The molecule has 2 aliphatic rings. The first-order valence-corrected chi connectivity index (χ1v) is 7.54. The Hall–Kier alpha value is -0.690. The first kappa shape index (κ1) is 11.4. The molecular weight excluding hydrogens is 224 g/mol. The van der Waals surface area contributed by atoms with Gasteiger partial charge in [0.15, 0.2) is 0 Å². The molecule has 0 aromatic heterocycles. The van der Waals surface area contributed by atoms with Crippen LogP contribution in [0.15, 0.2) is 46.2 Å². The molecule has 1 saturated carbocycles. The second kappa shape index (κ2) is 4.53. The Morgan fingerprint density at radius 1 is 1.12 bits per heavy atom. The van der Waals surface area contributed by atoms with Crippen molar-refractivity contribution in [1.29, 1.82) is 0 Å². The average molecular weight is 244 g/mol. The molecule has 17 heavy (non-hydrogen) atoms. The number of allylic oxidation sites excluding steroid dienone is 2. The van der Waals surface area contributed by atoms with Gasteiger partial charge in [0.05, 0.1) is 0 Å². The summed E-state index contributed by atoms with van der Waals surface area (Å²) in [5.74, 6) is 0.948. The quantitative estimate of drug-likeness (QED) is 0.683. The van der Waals surface area contributed by atoms with Gasteiger partial charge < -0.3 is 0 Å². The van der Waals surface area contributed by atoms with Crippen LogP contribution in [0.4, 0.5) is 0 Å². The second-order valence-corrected chi connectivity index (χ2v) is 6.77. The zero-order chi connectivity index (χ0) is 11.7. The number of thioether (sulfide) groups is 1. The summed E-state index contributed by atoms with van der Waals surface area (Å²) in [4.78, 5) is 3.05. The van der Waals surface area contributed by atoms with Gasteiger partial charge in [0.1, 0.15) is 0 Å². The molecule has 0 N–H and O–H groups in total. The van der Waals surface area contributed by atoms with Crippen molar-refractivity contribution in [2.45, 2.75) is 43.9 Å². The van der Waals surface area contributed by atoms with E-state index >= 15 is 0 Å². The van der Waals surface area contributed by atoms with Crippen LogP contribution in [-0.4, -0.2) is 0 Å². The lowest BCUT2D eigenvalue weighted by Gasteiger charge is -2.46. The van der Waals surface area contributed by atoms with Gasteiger partial charge in [-0.25, -0.2) is 0 Å². The topological polar surface area (TPSA) is 0 Å². The summed E-state index contributed by atoms with van der Waals surface area (Å²) in [6.07, 6.45) is 9.46. The van der Waals surface area contributed by atoms with Gasteiger partial charge in [-0.2, -0.15) is 0 Å². The average Bonchev–Trinajstić information content (AvgIpc) is 2.37. The zero-order valence-electron chi connectivity index (χ0n) is 10.5. The highest BCUT2D eigenvalue weighted by atomic mass is 32.2. The van der Waals surface area contributed by atoms with E-state index in [1.165, 1.54) is 37.0 Å². The van der Waals surface area contributed by atoms with Crippen LogP contribution in [-0.2, 0) is 0 Å². The molecule has 1 aromatic carbocycles. The molecule has 0 nitrogen and oxygen atoms in total. The smallest absolute Gasteiger partial charge is 0.0119 e. The van der Waals surface area contributed by atoms with E-state index in [4.69, 9.17) is 0 Å². The second-order valence-electron chi connectivity index (χ2n) is 5.65. The van der Waals surface area contributed by atoms with Crippen LogP contribution in [0, 0.1) is 11.3 Å². The molecule has 0 bridgehead atoms. The van der Waals surface area contributed by atoms with E-state index in [9.17, 15) is 0 Å². The maximum atomic E-state index is 2.45. The molecule has 1 fully saturated rings. The molecule has 3 rings (SSSR count). The van der Waals surface area contributed by atoms with Gasteiger partial charge in [-0.3, -0.25) is 0 Å². The van der Waals surface area contributed by atoms with Crippen molar-refractivity contribution in [3.05, 3.63) is 41.3 Å². The summed E-state index contributed by atoms with van der Waals surface area (Å²) >= 11 is 2.00. The molecule has 0 atom stereocenters. The van der Waals surface area contributed by atoms with Gasteiger partial charge >= 0.3 is 0 Å². The highest BCUT2D eigenvalue weighted by Crippen LogP contribution is 2.57. The number of hydrogen-bond donors (Lipinski definition) is 0. The van der Waals surface area contributed by atoms with Gasteiger partial charge in [0, 0.05) is 10.3 Å². The zero-order valence-corrected chi connectivity index (χ0v) is 11.3. The lowest BCUT2D eigenvalue weighted by Crippen LogP contribution is -2.32. The minimum atomic E-state index is 0.576. The normalized spacial score (nSPS) is 32.1. The summed E-state index contributed by atoms with van der Waals surface area (Å²) in [6.45, 7) is 2.40. The van der Waals surface area contributed by atoms with Crippen LogP contribution in [0.5, 0.6) is 0 Å². The number of benzene rings is 1. The maximum Gasteiger partial charge on any atom is 0.0119 e. The number of rotatable bonds is 2. The van der Waals surface area contributed by atoms with Crippen LogP contribution in [0.3, 0.4) is 0 Å². The van der Waals surface area contributed by atoms with Crippen molar-refractivity contribution < 1.29 is 0 Å². The Morgan fingerprint density at radius 3 is 2.41 bits per heavy atom. The van der Waals surface area contributed by atoms with Crippen molar-refractivity contribution >= 4 is 11.8 Å². The molecule has 0 radical (unpaired) electrons. The molecule has 0 heterocycles. The first-order valence-electron chi connectivity index (χ1n) is 6.72.